The quantitative estimate of drug-likeness (QED) is 0.742. The number of Topliss-reactive ketones (excluding diaryl/α,β-unsaturated/α-hetero) is 1. The van der Waals surface area contributed by atoms with Gasteiger partial charge in [-0.2, -0.15) is 0 Å². The summed E-state index contributed by atoms with van der Waals surface area (Å²) in [5, 5.41) is 0. The molecule has 0 radical (unpaired) electrons. The van der Waals surface area contributed by atoms with Crippen LogP contribution in [0, 0.1) is 0 Å². The molecule has 2 nitrogen and oxygen atoms in total. The van der Waals surface area contributed by atoms with Crippen molar-refractivity contribution in [3.63, 3.8) is 0 Å². The summed E-state index contributed by atoms with van der Waals surface area (Å²) in [5.41, 5.74) is 0.829. The van der Waals surface area contributed by atoms with Crippen LogP contribution in [0.2, 0.25) is 0 Å². The average molecular weight is 231 g/mol. The predicted molar refractivity (Wildman–Crippen MR) is 70.3 cm³/mol. The lowest BCUT2D eigenvalue weighted by Crippen LogP contribution is -2.37. The largest absolute Gasteiger partial charge is 0.296 e. The summed E-state index contributed by atoms with van der Waals surface area (Å²) in [6.45, 7) is 0.550. The normalized spacial score (nSPS) is 17.3. The van der Waals surface area contributed by atoms with Gasteiger partial charge in [-0.1, -0.05) is 49.6 Å². The molecule has 2 heteroatoms. The van der Waals surface area contributed by atoms with Crippen molar-refractivity contribution in [1.29, 1.82) is 0 Å². The highest BCUT2D eigenvalue weighted by molar-refractivity contribution is 5.97. The highest BCUT2D eigenvalue weighted by atomic mass is 16.1. The molecule has 0 aromatic heterocycles. The van der Waals surface area contributed by atoms with Crippen LogP contribution >= 0.6 is 0 Å². The van der Waals surface area contributed by atoms with Crippen LogP contribution in [0.25, 0.3) is 0 Å². The van der Waals surface area contributed by atoms with Crippen molar-refractivity contribution >= 4 is 5.78 Å². The first-order chi connectivity index (χ1) is 8.27. The number of carbonyl (C=O) groups excluding carboxylic acids is 1. The minimum atomic E-state index is 0.235. The molecule has 0 heterocycles. The lowest BCUT2D eigenvalue weighted by atomic mass is 9.94. The van der Waals surface area contributed by atoms with Crippen molar-refractivity contribution in [2.45, 2.75) is 38.1 Å². The van der Waals surface area contributed by atoms with Crippen LogP contribution in [-0.2, 0) is 0 Å². The molecular weight excluding hydrogens is 210 g/mol. The fourth-order valence-electron chi connectivity index (χ4n) is 2.59. The molecule has 1 aliphatic rings. The molecule has 0 spiro atoms. The summed E-state index contributed by atoms with van der Waals surface area (Å²) < 4.78 is 0. The van der Waals surface area contributed by atoms with Crippen molar-refractivity contribution in [3.05, 3.63) is 35.9 Å². The van der Waals surface area contributed by atoms with E-state index in [2.05, 4.69) is 11.9 Å². The lowest BCUT2D eigenvalue weighted by molar-refractivity contribution is 0.0899. The smallest absolute Gasteiger partial charge is 0.176 e. The van der Waals surface area contributed by atoms with Crippen LogP contribution < -0.4 is 0 Å². The van der Waals surface area contributed by atoms with Crippen molar-refractivity contribution in [2.75, 3.05) is 13.6 Å². The molecule has 0 bridgehead atoms. The number of hydrogen-bond acceptors (Lipinski definition) is 2. The molecule has 92 valence electrons. The number of rotatable bonds is 4. The Bertz CT molecular complexity index is 354. The second kappa shape index (κ2) is 5.97. The highest BCUT2D eigenvalue weighted by Gasteiger charge is 2.20. The monoisotopic (exact) mass is 231 g/mol. The lowest BCUT2D eigenvalue weighted by Gasteiger charge is -2.30. The standard InChI is InChI=1S/C15H21NO/c1-16(14-10-6-3-7-11-14)12-15(17)13-8-4-2-5-9-13/h2,4-5,8-9,14H,3,6-7,10-12H2,1H3. The average Bonchev–Trinajstić information content (AvgIpc) is 2.40. The number of carbonyl (C=O) groups is 1. The molecule has 1 aromatic carbocycles. The van der Waals surface area contributed by atoms with Crippen molar-refractivity contribution in [3.8, 4) is 0 Å². The summed E-state index contributed by atoms with van der Waals surface area (Å²) in [7, 11) is 2.08. The zero-order valence-electron chi connectivity index (χ0n) is 10.6. The van der Waals surface area contributed by atoms with E-state index in [4.69, 9.17) is 0 Å². The topological polar surface area (TPSA) is 20.3 Å². The Morgan fingerprint density at radius 3 is 2.47 bits per heavy atom. The molecule has 1 saturated carbocycles. The first-order valence-electron chi connectivity index (χ1n) is 6.56. The maximum atomic E-state index is 12.1. The summed E-state index contributed by atoms with van der Waals surface area (Å²) in [5.74, 6) is 0.235. The Morgan fingerprint density at radius 1 is 1.18 bits per heavy atom. The van der Waals surface area contributed by atoms with E-state index in [9.17, 15) is 4.79 Å². The molecule has 0 atom stereocenters. The van der Waals surface area contributed by atoms with Gasteiger partial charge in [0.2, 0.25) is 0 Å². The van der Waals surface area contributed by atoms with E-state index in [1.54, 1.807) is 0 Å². The van der Waals surface area contributed by atoms with Crippen molar-refractivity contribution in [1.82, 2.24) is 4.90 Å². The maximum absolute atomic E-state index is 12.1. The Labute approximate surface area is 104 Å². The van der Waals surface area contributed by atoms with E-state index < -0.39 is 0 Å². The Hall–Kier alpha value is -1.15. The zero-order valence-corrected chi connectivity index (χ0v) is 10.6. The number of hydrogen-bond donors (Lipinski definition) is 0. The van der Waals surface area contributed by atoms with Gasteiger partial charge in [0.15, 0.2) is 5.78 Å². The van der Waals surface area contributed by atoms with Crippen molar-refractivity contribution in [2.24, 2.45) is 0 Å². The van der Waals surface area contributed by atoms with Gasteiger partial charge >= 0.3 is 0 Å². The van der Waals surface area contributed by atoms with Gasteiger partial charge in [-0.05, 0) is 19.9 Å². The van der Waals surface area contributed by atoms with Crippen LogP contribution in [0.5, 0.6) is 0 Å². The first kappa shape index (κ1) is 12.3. The van der Waals surface area contributed by atoms with Gasteiger partial charge in [0, 0.05) is 11.6 Å². The SMILES string of the molecule is CN(CC(=O)c1ccccc1)C1CCCCC1. The molecule has 1 aromatic rings. The van der Waals surface area contributed by atoms with Gasteiger partial charge in [0.25, 0.3) is 0 Å². The second-order valence-electron chi connectivity index (χ2n) is 5.00. The van der Waals surface area contributed by atoms with Crippen LogP contribution in [-0.4, -0.2) is 30.3 Å². The predicted octanol–water partition coefficient (Wildman–Crippen LogP) is 3.13. The summed E-state index contributed by atoms with van der Waals surface area (Å²) in [6.07, 6.45) is 6.48. The summed E-state index contributed by atoms with van der Waals surface area (Å²) >= 11 is 0. The fraction of sp³-hybridized carbons (Fsp3) is 0.533. The summed E-state index contributed by atoms with van der Waals surface area (Å²) in [4.78, 5) is 14.3. The molecule has 0 unspecified atom stereocenters. The summed E-state index contributed by atoms with van der Waals surface area (Å²) in [6, 6.07) is 10.2. The maximum Gasteiger partial charge on any atom is 0.176 e. The van der Waals surface area contributed by atoms with Crippen molar-refractivity contribution < 1.29 is 4.79 Å². The molecule has 2 rings (SSSR count). The van der Waals surface area contributed by atoms with E-state index in [-0.39, 0.29) is 5.78 Å². The fourth-order valence-corrected chi connectivity index (χ4v) is 2.59. The van der Waals surface area contributed by atoms with Crippen LogP contribution in [0.1, 0.15) is 42.5 Å². The molecule has 0 aliphatic heterocycles. The third-order valence-corrected chi connectivity index (χ3v) is 3.69. The van der Waals surface area contributed by atoms with E-state index >= 15 is 0 Å². The third-order valence-electron chi connectivity index (χ3n) is 3.69. The molecular formula is C15H21NO. The van der Waals surface area contributed by atoms with E-state index in [1.165, 1.54) is 32.1 Å². The minimum Gasteiger partial charge on any atom is -0.296 e. The Morgan fingerprint density at radius 2 is 1.82 bits per heavy atom. The van der Waals surface area contributed by atoms with Gasteiger partial charge in [-0.25, -0.2) is 0 Å². The van der Waals surface area contributed by atoms with Gasteiger partial charge < -0.3 is 0 Å². The Kier molecular flexibility index (Phi) is 4.32. The van der Waals surface area contributed by atoms with Gasteiger partial charge in [-0.3, -0.25) is 9.69 Å². The third kappa shape index (κ3) is 3.40. The van der Waals surface area contributed by atoms with Crippen LogP contribution in [0.4, 0.5) is 0 Å². The van der Waals surface area contributed by atoms with Gasteiger partial charge in [0.1, 0.15) is 0 Å². The molecule has 1 fully saturated rings. The second-order valence-corrected chi connectivity index (χ2v) is 5.00. The van der Waals surface area contributed by atoms with Gasteiger partial charge in [0.05, 0.1) is 6.54 Å². The van der Waals surface area contributed by atoms with E-state index in [0.29, 0.717) is 12.6 Å². The number of likely N-dealkylation sites (N-methyl/N-ethyl adjacent to an activating group) is 1. The van der Waals surface area contributed by atoms with E-state index in [1.807, 2.05) is 30.3 Å². The number of nitrogens with zero attached hydrogens (tertiary/aromatic N) is 1. The highest BCUT2D eigenvalue weighted by Crippen LogP contribution is 2.21. The zero-order chi connectivity index (χ0) is 12.1. The Balaban J connectivity index is 1.89. The number of benzene rings is 1. The number of ketones is 1. The van der Waals surface area contributed by atoms with Crippen LogP contribution in [0.15, 0.2) is 30.3 Å². The molecule has 0 saturated heterocycles. The molecule has 0 N–H and O–H groups in total. The van der Waals surface area contributed by atoms with E-state index in [0.717, 1.165) is 5.56 Å². The first-order valence-corrected chi connectivity index (χ1v) is 6.56. The van der Waals surface area contributed by atoms with Gasteiger partial charge in [-0.15, -0.1) is 0 Å². The molecule has 0 amide bonds. The molecule has 1 aliphatic carbocycles. The van der Waals surface area contributed by atoms with Crippen LogP contribution in [0.3, 0.4) is 0 Å². The molecule has 17 heavy (non-hydrogen) atoms. The minimum absolute atomic E-state index is 0.235.